The van der Waals surface area contributed by atoms with Crippen molar-refractivity contribution in [2.24, 2.45) is 11.1 Å². The number of aryl methyl sites for hydroxylation is 1. The van der Waals surface area contributed by atoms with Crippen LogP contribution in [0.5, 0.6) is 0 Å². The molecule has 2 atom stereocenters. The Labute approximate surface area is 156 Å². The molecule has 1 aromatic heterocycles. The summed E-state index contributed by atoms with van der Waals surface area (Å²) in [5.74, 6) is -0.173. The molecular formula is C20H17N3O3S. The second-order valence-electron chi connectivity index (χ2n) is 7.09. The molecule has 2 unspecified atom stereocenters. The predicted octanol–water partition coefficient (Wildman–Crippen LogP) is 2.55. The largest absolute Gasteiger partial charge is 0.322 e. The minimum absolute atomic E-state index is 0.0403. The minimum atomic E-state index is -3.78. The van der Waals surface area contributed by atoms with E-state index in [4.69, 9.17) is 5.14 Å². The molecular weight excluding hydrogens is 362 g/mol. The maximum atomic E-state index is 13.3. The van der Waals surface area contributed by atoms with Crippen molar-refractivity contribution in [1.29, 1.82) is 0 Å². The lowest BCUT2D eigenvalue weighted by molar-refractivity contribution is 0.0871. The number of fused-ring (bicyclic) bond motifs is 4. The third-order valence-corrected chi connectivity index (χ3v) is 6.55. The SMILES string of the molecule is NS(=O)(=O)c1ccc2c(c1)CCC(C1c3ccccc3-c3cncn31)C2=O. The Balaban J connectivity index is 1.59. The molecule has 0 saturated heterocycles. The Morgan fingerprint density at radius 1 is 1.11 bits per heavy atom. The van der Waals surface area contributed by atoms with E-state index in [0.717, 1.165) is 22.4 Å². The van der Waals surface area contributed by atoms with E-state index >= 15 is 0 Å². The van der Waals surface area contributed by atoms with Crippen molar-refractivity contribution in [2.45, 2.75) is 23.8 Å². The van der Waals surface area contributed by atoms with E-state index in [9.17, 15) is 13.2 Å². The third kappa shape index (κ3) is 2.39. The van der Waals surface area contributed by atoms with E-state index in [2.05, 4.69) is 21.7 Å². The first-order valence-electron chi connectivity index (χ1n) is 8.76. The van der Waals surface area contributed by atoms with Crippen molar-refractivity contribution >= 4 is 15.8 Å². The fourth-order valence-corrected chi connectivity index (χ4v) is 4.99. The summed E-state index contributed by atoms with van der Waals surface area (Å²) in [6.07, 6.45) is 4.90. The van der Waals surface area contributed by atoms with Gasteiger partial charge in [-0.2, -0.15) is 0 Å². The first-order chi connectivity index (χ1) is 12.9. The molecule has 3 aromatic rings. The monoisotopic (exact) mass is 379 g/mol. The third-order valence-electron chi connectivity index (χ3n) is 5.63. The molecule has 0 amide bonds. The van der Waals surface area contributed by atoms with Gasteiger partial charge in [0.2, 0.25) is 10.0 Å². The highest BCUT2D eigenvalue weighted by molar-refractivity contribution is 7.89. The molecule has 2 aliphatic rings. The van der Waals surface area contributed by atoms with Crippen molar-refractivity contribution in [2.75, 3.05) is 0 Å². The number of benzene rings is 2. The van der Waals surface area contributed by atoms with Crippen LogP contribution in [0, 0.1) is 5.92 Å². The number of nitrogens with zero attached hydrogens (tertiary/aromatic N) is 2. The van der Waals surface area contributed by atoms with E-state index in [1.165, 1.54) is 12.1 Å². The smallest absolute Gasteiger partial charge is 0.238 e. The van der Waals surface area contributed by atoms with Crippen LogP contribution in [0.1, 0.15) is 33.9 Å². The molecule has 27 heavy (non-hydrogen) atoms. The van der Waals surface area contributed by atoms with Crippen molar-refractivity contribution < 1.29 is 13.2 Å². The number of carbonyl (C=O) groups excluding carboxylic acids is 1. The average Bonchev–Trinajstić information content (AvgIpc) is 3.22. The van der Waals surface area contributed by atoms with E-state index in [1.54, 1.807) is 12.4 Å². The number of sulfonamides is 1. The standard InChI is InChI=1S/C20H17N3O3S/c21-27(25,26)13-6-8-14-12(9-13)5-7-17(20(14)24)19-16-4-2-1-3-15(16)18-10-22-11-23(18)19/h1-4,6,8-11,17,19H,5,7H2,(H2,21,25,26). The number of hydrogen-bond acceptors (Lipinski definition) is 4. The molecule has 2 heterocycles. The van der Waals surface area contributed by atoms with Crippen molar-refractivity contribution in [3.8, 4) is 11.3 Å². The molecule has 1 aliphatic heterocycles. The second-order valence-corrected chi connectivity index (χ2v) is 8.65. The molecule has 6 nitrogen and oxygen atoms in total. The zero-order valence-electron chi connectivity index (χ0n) is 14.4. The summed E-state index contributed by atoms with van der Waals surface area (Å²) < 4.78 is 25.3. The van der Waals surface area contributed by atoms with Gasteiger partial charge >= 0.3 is 0 Å². The maximum Gasteiger partial charge on any atom is 0.238 e. The van der Waals surface area contributed by atoms with Gasteiger partial charge in [0.1, 0.15) is 0 Å². The summed E-state index contributed by atoms with van der Waals surface area (Å²) in [4.78, 5) is 17.6. The maximum absolute atomic E-state index is 13.3. The zero-order valence-corrected chi connectivity index (χ0v) is 15.2. The van der Waals surface area contributed by atoms with E-state index in [1.807, 2.05) is 18.3 Å². The lowest BCUT2D eigenvalue weighted by Gasteiger charge is -2.29. The van der Waals surface area contributed by atoms with Gasteiger partial charge in [0.15, 0.2) is 5.78 Å². The molecule has 0 bridgehead atoms. The Kier molecular flexibility index (Phi) is 3.41. The number of aromatic nitrogens is 2. The lowest BCUT2D eigenvalue weighted by Crippen LogP contribution is -2.30. The number of carbonyl (C=O) groups is 1. The van der Waals surface area contributed by atoms with Gasteiger partial charge in [-0.1, -0.05) is 24.3 Å². The van der Waals surface area contributed by atoms with Crippen LogP contribution in [-0.2, 0) is 16.4 Å². The van der Waals surface area contributed by atoms with Gasteiger partial charge in [0.05, 0.1) is 29.2 Å². The fraction of sp³-hybridized carbons (Fsp3) is 0.200. The number of rotatable bonds is 2. The summed E-state index contributed by atoms with van der Waals surface area (Å²) in [7, 11) is -3.78. The molecule has 136 valence electrons. The first-order valence-corrected chi connectivity index (χ1v) is 10.3. The summed E-state index contributed by atoms with van der Waals surface area (Å²) >= 11 is 0. The van der Waals surface area contributed by atoms with Crippen LogP contribution in [0.15, 0.2) is 59.9 Å². The van der Waals surface area contributed by atoms with Crippen LogP contribution in [-0.4, -0.2) is 23.8 Å². The molecule has 0 spiro atoms. The first kappa shape index (κ1) is 16.4. The van der Waals surface area contributed by atoms with Crippen LogP contribution in [0.3, 0.4) is 0 Å². The number of imidazole rings is 1. The van der Waals surface area contributed by atoms with Gasteiger partial charge in [-0.05, 0) is 42.2 Å². The van der Waals surface area contributed by atoms with Gasteiger partial charge in [0, 0.05) is 17.0 Å². The van der Waals surface area contributed by atoms with E-state index in [-0.39, 0.29) is 22.6 Å². The van der Waals surface area contributed by atoms with Crippen molar-refractivity contribution in [3.63, 3.8) is 0 Å². The van der Waals surface area contributed by atoms with E-state index < -0.39 is 10.0 Å². The molecule has 0 fully saturated rings. The molecule has 7 heteroatoms. The van der Waals surface area contributed by atoms with Gasteiger partial charge in [-0.15, -0.1) is 0 Å². The highest BCUT2D eigenvalue weighted by atomic mass is 32.2. The Morgan fingerprint density at radius 2 is 1.93 bits per heavy atom. The summed E-state index contributed by atoms with van der Waals surface area (Å²) in [6, 6.07) is 12.6. The number of primary sulfonamides is 1. The molecule has 5 rings (SSSR count). The second kappa shape index (κ2) is 5.61. The topological polar surface area (TPSA) is 95.1 Å². The lowest BCUT2D eigenvalue weighted by atomic mass is 9.77. The minimum Gasteiger partial charge on any atom is -0.322 e. The summed E-state index contributed by atoms with van der Waals surface area (Å²) in [6.45, 7) is 0. The number of ketones is 1. The molecule has 2 N–H and O–H groups in total. The normalized spacial score (nSPS) is 20.9. The fourth-order valence-electron chi connectivity index (χ4n) is 4.42. The highest BCUT2D eigenvalue weighted by Gasteiger charge is 2.40. The van der Waals surface area contributed by atoms with Crippen LogP contribution in [0.4, 0.5) is 0 Å². The number of Topliss-reactive ketones (excluding diaryl/α,β-unsaturated/α-hetero) is 1. The van der Waals surface area contributed by atoms with Crippen LogP contribution < -0.4 is 5.14 Å². The predicted molar refractivity (Wildman–Crippen MR) is 99.8 cm³/mol. The molecule has 0 radical (unpaired) electrons. The molecule has 1 aliphatic carbocycles. The summed E-state index contributed by atoms with van der Waals surface area (Å²) in [5.41, 5.74) is 4.62. The Morgan fingerprint density at radius 3 is 2.74 bits per heavy atom. The molecule has 0 saturated carbocycles. The average molecular weight is 379 g/mol. The quantitative estimate of drug-likeness (QED) is 0.740. The van der Waals surface area contributed by atoms with Crippen molar-refractivity contribution in [3.05, 3.63) is 71.7 Å². The van der Waals surface area contributed by atoms with Crippen LogP contribution in [0.25, 0.3) is 11.3 Å². The Hall–Kier alpha value is -2.77. The van der Waals surface area contributed by atoms with Crippen LogP contribution in [0.2, 0.25) is 0 Å². The van der Waals surface area contributed by atoms with Gasteiger partial charge in [-0.3, -0.25) is 4.79 Å². The van der Waals surface area contributed by atoms with E-state index in [0.29, 0.717) is 18.4 Å². The highest BCUT2D eigenvalue weighted by Crippen LogP contribution is 2.46. The molecule has 2 aromatic carbocycles. The van der Waals surface area contributed by atoms with Gasteiger partial charge < -0.3 is 4.57 Å². The van der Waals surface area contributed by atoms with Gasteiger partial charge in [-0.25, -0.2) is 18.5 Å². The number of hydrogen-bond donors (Lipinski definition) is 1. The zero-order chi connectivity index (χ0) is 18.8. The van der Waals surface area contributed by atoms with Gasteiger partial charge in [0.25, 0.3) is 0 Å². The number of nitrogens with two attached hydrogens (primary N) is 1. The van der Waals surface area contributed by atoms with Crippen molar-refractivity contribution in [1.82, 2.24) is 9.55 Å². The Bertz CT molecular complexity index is 1200. The summed E-state index contributed by atoms with van der Waals surface area (Å²) in [5, 5.41) is 5.22. The van der Waals surface area contributed by atoms with Crippen LogP contribution >= 0.6 is 0 Å².